The first kappa shape index (κ1) is 17.0. The molecule has 2 N–H and O–H groups in total. The maximum absolute atomic E-state index is 11.3. The predicted octanol–water partition coefficient (Wildman–Crippen LogP) is 3.46. The lowest BCUT2D eigenvalue weighted by atomic mass is 10.1. The largest absolute Gasteiger partial charge is 0.358 e. The summed E-state index contributed by atoms with van der Waals surface area (Å²) in [7, 11) is 1.75. The number of anilines is 2. The fourth-order valence-corrected chi connectivity index (χ4v) is 2.20. The first-order chi connectivity index (χ1) is 11.0. The molecule has 0 atom stereocenters. The van der Waals surface area contributed by atoms with Crippen molar-refractivity contribution >= 4 is 34.6 Å². The topological polar surface area (TPSA) is 44.4 Å². The van der Waals surface area contributed by atoms with Crippen LogP contribution in [0.25, 0.3) is 0 Å². The molecular weight excluding hydrogens is 306 g/mol. The standard InChI is InChI=1S/C18H21N3OS/c1-13-4-6-15(7-5-13)12-19-18(23)20-16-8-10-17(11-9-16)21(3)14(2)22/h4-11H,12H2,1-3H3,(H2,19,20,23). The predicted molar refractivity (Wildman–Crippen MR) is 99.8 cm³/mol. The van der Waals surface area contributed by atoms with Crippen LogP contribution in [-0.2, 0) is 11.3 Å². The summed E-state index contributed by atoms with van der Waals surface area (Å²) in [4.78, 5) is 12.9. The normalized spacial score (nSPS) is 10.0. The molecule has 0 aliphatic heterocycles. The first-order valence-electron chi connectivity index (χ1n) is 7.40. The number of amides is 1. The quantitative estimate of drug-likeness (QED) is 0.844. The molecule has 23 heavy (non-hydrogen) atoms. The highest BCUT2D eigenvalue weighted by Crippen LogP contribution is 2.16. The second-order valence-corrected chi connectivity index (χ2v) is 5.83. The third-order valence-corrected chi connectivity index (χ3v) is 3.80. The number of carbonyl (C=O) groups is 1. The van der Waals surface area contributed by atoms with Gasteiger partial charge in [-0.2, -0.15) is 0 Å². The highest BCUT2D eigenvalue weighted by Gasteiger charge is 2.05. The molecule has 120 valence electrons. The number of carbonyl (C=O) groups excluding carboxylic acids is 1. The maximum atomic E-state index is 11.3. The molecule has 0 fully saturated rings. The minimum Gasteiger partial charge on any atom is -0.358 e. The average molecular weight is 327 g/mol. The molecular formula is C18H21N3OS. The summed E-state index contributed by atoms with van der Waals surface area (Å²) in [6.07, 6.45) is 0. The van der Waals surface area contributed by atoms with Crippen LogP contribution in [0.3, 0.4) is 0 Å². The Morgan fingerprint density at radius 1 is 1.09 bits per heavy atom. The van der Waals surface area contributed by atoms with Crippen molar-refractivity contribution < 1.29 is 4.79 Å². The lowest BCUT2D eigenvalue weighted by Crippen LogP contribution is -2.28. The molecule has 0 aliphatic rings. The van der Waals surface area contributed by atoms with E-state index in [1.807, 2.05) is 24.3 Å². The van der Waals surface area contributed by atoms with Crippen molar-refractivity contribution in [3.63, 3.8) is 0 Å². The van der Waals surface area contributed by atoms with Gasteiger partial charge in [0.15, 0.2) is 5.11 Å². The second-order valence-electron chi connectivity index (χ2n) is 5.42. The summed E-state index contributed by atoms with van der Waals surface area (Å²) < 4.78 is 0. The number of aryl methyl sites for hydroxylation is 1. The Morgan fingerprint density at radius 3 is 2.26 bits per heavy atom. The molecule has 0 radical (unpaired) electrons. The van der Waals surface area contributed by atoms with Gasteiger partial charge >= 0.3 is 0 Å². The molecule has 0 aliphatic carbocycles. The minimum absolute atomic E-state index is 0.000921. The highest BCUT2D eigenvalue weighted by atomic mass is 32.1. The van der Waals surface area contributed by atoms with Crippen molar-refractivity contribution in [1.29, 1.82) is 0 Å². The number of hydrogen-bond donors (Lipinski definition) is 2. The van der Waals surface area contributed by atoms with Gasteiger partial charge in [0.25, 0.3) is 0 Å². The van der Waals surface area contributed by atoms with Crippen LogP contribution in [0, 0.1) is 6.92 Å². The van der Waals surface area contributed by atoms with Gasteiger partial charge in [0.2, 0.25) is 5.91 Å². The van der Waals surface area contributed by atoms with Crippen LogP contribution in [0.1, 0.15) is 18.1 Å². The molecule has 0 saturated carbocycles. The number of thiocarbonyl (C=S) groups is 1. The van der Waals surface area contributed by atoms with Crippen molar-refractivity contribution in [2.24, 2.45) is 0 Å². The minimum atomic E-state index is 0.000921. The van der Waals surface area contributed by atoms with Crippen LogP contribution in [0.15, 0.2) is 48.5 Å². The third kappa shape index (κ3) is 5.07. The molecule has 4 nitrogen and oxygen atoms in total. The highest BCUT2D eigenvalue weighted by molar-refractivity contribution is 7.80. The van der Waals surface area contributed by atoms with Crippen LogP contribution >= 0.6 is 12.2 Å². The number of nitrogens with one attached hydrogen (secondary N) is 2. The van der Waals surface area contributed by atoms with Crippen LogP contribution in [0.5, 0.6) is 0 Å². The van der Waals surface area contributed by atoms with E-state index < -0.39 is 0 Å². The van der Waals surface area contributed by atoms with Crippen molar-refractivity contribution in [3.8, 4) is 0 Å². The molecule has 1 amide bonds. The van der Waals surface area contributed by atoms with Gasteiger partial charge in [0.05, 0.1) is 0 Å². The lowest BCUT2D eigenvalue weighted by Gasteiger charge is -2.16. The summed E-state index contributed by atoms with van der Waals surface area (Å²) in [6.45, 7) is 4.28. The number of nitrogens with zero attached hydrogens (tertiary/aromatic N) is 1. The van der Waals surface area contributed by atoms with Gasteiger partial charge in [-0.3, -0.25) is 4.79 Å². The van der Waals surface area contributed by atoms with E-state index in [9.17, 15) is 4.79 Å². The number of benzene rings is 2. The zero-order chi connectivity index (χ0) is 16.8. The fourth-order valence-electron chi connectivity index (χ4n) is 2.01. The van der Waals surface area contributed by atoms with E-state index in [1.165, 1.54) is 18.1 Å². The van der Waals surface area contributed by atoms with Gasteiger partial charge in [-0.05, 0) is 49.0 Å². The van der Waals surface area contributed by atoms with Gasteiger partial charge in [-0.15, -0.1) is 0 Å². The lowest BCUT2D eigenvalue weighted by molar-refractivity contribution is -0.116. The van der Waals surface area contributed by atoms with Crippen LogP contribution < -0.4 is 15.5 Å². The van der Waals surface area contributed by atoms with E-state index in [1.54, 1.807) is 11.9 Å². The van der Waals surface area contributed by atoms with Gasteiger partial charge in [0.1, 0.15) is 0 Å². The first-order valence-corrected chi connectivity index (χ1v) is 7.81. The van der Waals surface area contributed by atoms with Gasteiger partial charge in [0, 0.05) is 31.9 Å². The van der Waals surface area contributed by atoms with Crippen LogP contribution in [0.4, 0.5) is 11.4 Å². The van der Waals surface area contributed by atoms with Crippen LogP contribution in [-0.4, -0.2) is 18.1 Å². The number of hydrogen-bond acceptors (Lipinski definition) is 2. The third-order valence-electron chi connectivity index (χ3n) is 3.56. The zero-order valence-corrected chi connectivity index (χ0v) is 14.4. The molecule has 0 spiro atoms. The maximum Gasteiger partial charge on any atom is 0.223 e. The van der Waals surface area contributed by atoms with E-state index in [0.717, 1.165) is 11.4 Å². The molecule has 0 heterocycles. The summed E-state index contributed by atoms with van der Waals surface area (Å²) in [6, 6.07) is 15.9. The van der Waals surface area contributed by atoms with E-state index in [0.29, 0.717) is 11.7 Å². The Morgan fingerprint density at radius 2 is 1.70 bits per heavy atom. The zero-order valence-electron chi connectivity index (χ0n) is 13.6. The summed E-state index contributed by atoms with van der Waals surface area (Å²) >= 11 is 5.30. The molecule has 2 aromatic carbocycles. The monoisotopic (exact) mass is 327 g/mol. The van der Waals surface area contributed by atoms with Crippen LogP contribution in [0.2, 0.25) is 0 Å². The Labute approximate surface area is 142 Å². The molecule has 2 aromatic rings. The summed E-state index contributed by atoms with van der Waals surface area (Å²) in [5, 5.41) is 6.88. The Hall–Kier alpha value is -2.40. The van der Waals surface area contributed by atoms with Crippen molar-refractivity contribution in [1.82, 2.24) is 5.32 Å². The summed E-state index contributed by atoms with van der Waals surface area (Å²) in [5.41, 5.74) is 4.15. The molecule has 0 unspecified atom stereocenters. The molecule has 2 rings (SSSR count). The Balaban J connectivity index is 1.87. The van der Waals surface area contributed by atoms with E-state index in [2.05, 4.69) is 41.8 Å². The smallest absolute Gasteiger partial charge is 0.223 e. The molecule has 0 bridgehead atoms. The Bertz CT molecular complexity index is 680. The molecule has 0 saturated heterocycles. The fraction of sp³-hybridized carbons (Fsp3) is 0.222. The molecule has 5 heteroatoms. The van der Waals surface area contributed by atoms with E-state index in [-0.39, 0.29) is 5.91 Å². The SMILES string of the molecule is CC(=O)N(C)c1ccc(NC(=S)NCc2ccc(C)cc2)cc1. The summed E-state index contributed by atoms with van der Waals surface area (Å²) in [5.74, 6) is 0.000921. The Kier molecular flexibility index (Phi) is 5.71. The van der Waals surface area contributed by atoms with Crippen molar-refractivity contribution in [2.75, 3.05) is 17.3 Å². The van der Waals surface area contributed by atoms with Crippen molar-refractivity contribution in [2.45, 2.75) is 20.4 Å². The van der Waals surface area contributed by atoms with E-state index >= 15 is 0 Å². The molecule has 0 aromatic heterocycles. The number of rotatable bonds is 4. The van der Waals surface area contributed by atoms with E-state index in [4.69, 9.17) is 12.2 Å². The van der Waals surface area contributed by atoms with Crippen molar-refractivity contribution in [3.05, 3.63) is 59.7 Å². The van der Waals surface area contributed by atoms with Gasteiger partial charge in [-0.25, -0.2) is 0 Å². The van der Waals surface area contributed by atoms with Gasteiger partial charge in [-0.1, -0.05) is 29.8 Å². The average Bonchev–Trinajstić information content (AvgIpc) is 2.54. The second kappa shape index (κ2) is 7.74. The van der Waals surface area contributed by atoms with Gasteiger partial charge < -0.3 is 15.5 Å².